The Balaban J connectivity index is 0.000000377. The molecule has 1 aromatic carbocycles. The lowest BCUT2D eigenvalue weighted by Crippen LogP contribution is -2.65. The largest absolute Gasteiger partial charge is 0.481 e. The molecule has 2 bridgehead atoms. The van der Waals surface area contributed by atoms with Crippen LogP contribution in [0.4, 0.5) is 0 Å². The average molecular weight is 487 g/mol. The van der Waals surface area contributed by atoms with Crippen LogP contribution in [0.3, 0.4) is 0 Å². The number of carboxylic acid groups (broad SMARTS) is 1. The van der Waals surface area contributed by atoms with Crippen molar-refractivity contribution in [2.45, 2.75) is 50.4 Å². The van der Waals surface area contributed by atoms with E-state index in [0.29, 0.717) is 17.5 Å². The fourth-order valence-electron chi connectivity index (χ4n) is 5.74. The molecule has 0 unspecified atom stereocenters. The summed E-state index contributed by atoms with van der Waals surface area (Å²) in [7, 11) is 2.17. The zero-order valence-corrected chi connectivity index (χ0v) is 20.0. The van der Waals surface area contributed by atoms with Gasteiger partial charge in [0.25, 0.3) is 0 Å². The molecule has 0 aromatic heterocycles. The van der Waals surface area contributed by atoms with E-state index < -0.39 is 12.1 Å². The predicted molar refractivity (Wildman–Crippen MR) is 126 cm³/mol. The molecule has 2 N–H and O–H groups in total. The number of hydrogen-bond acceptors (Lipinski definition) is 9. The van der Waals surface area contributed by atoms with Gasteiger partial charge in [0, 0.05) is 49.6 Å². The summed E-state index contributed by atoms with van der Waals surface area (Å²) in [4.78, 5) is 34.9. The van der Waals surface area contributed by atoms with Gasteiger partial charge in [0.05, 0.1) is 0 Å². The van der Waals surface area contributed by atoms with Crippen molar-refractivity contribution in [3.8, 4) is 11.5 Å². The zero-order chi connectivity index (χ0) is 25.9. The number of nitrogens with zero attached hydrogens (tertiary/aromatic N) is 2. The van der Waals surface area contributed by atoms with Gasteiger partial charge in [-0.3, -0.25) is 9.59 Å². The van der Waals surface area contributed by atoms with Crippen LogP contribution in [-0.4, -0.2) is 71.7 Å². The summed E-state index contributed by atoms with van der Waals surface area (Å²) in [5, 5.41) is 16.9. The van der Waals surface area contributed by atoms with Crippen molar-refractivity contribution in [3.05, 3.63) is 48.1 Å². The van der Waals surface area contributed by atoms with Crippen molar-refractivity contribution < 1.29 is 38.9 Å². The van der Waals surface area contributed by atoms with Crippen LogP contribution in [0.2, 0.25) is 0 Å². The Kier molecular flexibility index (Phi) is 7.64. The third kappa shape index (κ3) is 4.66. The highest BCUT2D eigenvalue weighted by molar-refractivity contribution is 5.78. The van der Waals surface area contributed by atoms with Crippen molar-refractivity contribution in [3.63, 3.8) is 0 Å². The Morgan fingerprint density at radius 2 is 1.91 bits per heavy atom. The van der Waals surface area contributed by atoms with E-state index in [-0.39, 0.29) is 29.4 Å². The molecule has 2 heterocycles. The van der Waals surface area contributed by atoms with E-state index >= 15 is 0 Å². The van der Waals surface area contributed by atoms with Crippen LogP contribution in [0.5, 0.6) is 11.5 Å². The molecule has 2 aliphatic carbocycles. The number of ether oxygens (including phenoxy) is 3. The molecule has 0 amide bonds. The molecule has 1 fully saturated rings. The van der Waals surface area contributed by atoms with Crippen molar-refractivity contribution in [2.75, 3.05) is 13.6 Å². The first-order valence-electron chi connectivity index (χ1n) is 11.1. The van der Waals surface area contributed by atoms with E-state index in [0.717, 1.165) is 31.0 Å². The molecule has 1 aromatic rings. The number of esters is 2. The molecular formula is C25H30N2O8. The second-order valence-electron chi connectivity index (χ2n) is 8.77. The first-order valence-corrected chi connectivity index (χ1v) is 11.1. The van der Waals surface area contributed by atoms with Gasteiger partial charge in [-0.05, 0) is 44.1 Å². The Bertz CT molecular complexity index is 1070. The van der Waals surface area contributed by atoms with Crippen LogP contribution < -0.4 is 9.47 Å². The second kappa shape index (κ2) is 10.3. The van der Waals surface area contributed by atoms with E-state index in [1.807, 2.05) is 12.1 Å². The number of likely N-dealkylation sites (tertiary alicyclic amines) is 1. The maximum atomic E-state index is 11.7. The van der Waals surface area contributed by atoms with Gasteiger partial charge in [0.1, 0.15) is 6.10 Å². The molecule has 1 spiro atoms. The lowest BCUT2D eigenvalue weighted by atomic mass is 9.53. The maximum Gasteiger partial charge on any atom is 0.327 e. The molecule has 188 valence electrons. The molecule has 5 rings (SSSR count). The number of hydrogen-bond donors (Lipinski definition) is 2. The molecule has 2 aliphatic heterocycles. The van der Waals surface area contributed by atoms with Gasteiger partial charge in [-0.25, -0.2) is 4.79 Å². The standard InChI is InChI=1S/C21H23NO5.C3H4O2.CH3NO/c1-11(23)25-16-6-4-13-10-15-14-5-7-17(26-12(2)24)20-21(14,8-9-22(15)3)18(13)19(16)27-20;1-2-3(4)5;1-2-3/h4-7,14-15,17,20H,8-10H2,1-3H3;2H,1H2,(H,4,5);3H,1H2/t14-,15+,17-,20-,21-;;/m0../s1. The van der Waals surface area contributed by atoms with Gasteiger partial charge in [-0.1, -0.05) is 18.7 Å². The minimum absolute atomic E-state index is 0.245. The highest BCUT2D eigenvalue weighted by Crippen LogP contribution is 2.62. The molecule has 0 radical (unpaired) electrons. The van der Waals surface area contributed by atoms with E-state index in [2.05, 4.69) is 42.5 Å². The van der Waals surface area contributed by atoms with E-state index in [1.54, 1.807) is 0 Å². The fourth-order valence-corrected chi connectivity index (χ4v) is 5.74. The molecular weight excluding hydrogens is 456 g/mol. The minimum atomic E-state index is -0.981. The summed E-state index contributed by atoms with van der Waals surface area (Å²) in [5.74, 6) is -0.270. The quantitative estimate of drug-likeness (QED) is 0.125. The third-order valence-corrected chi connectivity index (χ3v) is 6.85. The highest BCUT2D eigenvalue weighted by Gasteiger charge is 2.65. The van der Waals surface area contributed by atoms with Crippen LogP contribution in [0.15, 0.2) is 42.1 Å². The van der Waals surface area contributed by atoms with Gasteiger partial charge in [-0.2, -0.15) is 0 Å². The Morgan fingerprint density at radius 1 is 1.26 bits per heavy atom. The van der Waals surface area contributed by atoms with Crippen LogP contribution >= 0.6 is 0 Å². The van der Waals surface area contributed by atoms with E-state index in [9.17, 15) is 14.4 Å². The van der Waals surface area contributed by atoms with Crippen LogP contribution in [-0.2, 0) is 31.0 Å². The normalized spacial score (nSPS) is 28.4. The first-order chi connectivity index (χ1) is 16.6. The third-order valence-electron chi connectivity index (χ3n) is 6.85. The van der Waals surface area contributed by atoms with E-state index in [4.69, 9.17) is 24.5 Å². The number of piperidine rings is 1. The smallest absolute Gasteiger partial charge is 0.327 e. The molecule has 4 aliphatic rings. The van der Waals surface area contributed by atoms with Crippen molar-refractivity contribution in [1.29, 1.82) is 0 Å². The first kappa shape index (κ1) is 26.0. The SMILES string of the molecule is C=CC(=O)O.C=NO.CC(=O)Oc1ccc2c3c1O[C@H]1[C@@H](OC(C)=O)C=C[C@H]4[C@@H](C2)N(C)CC[C@@]341. The molecule has 0 saturated carbocycles. The lowest BCUT2D eigenvalue weighted by molar-refractivity contribution is -0.152. The number of oxime groups is 1. The molecule has 35 heavy (non-hydrogen) atoms. The monoisotopic (exact) mass is 486 g/mol. The Hall–Kier alpha value is -3.66. The second-order valence-corrected chi connectivity index (χ2v) is 8.77. The van der Waals surface area contributed by atoms with Crippen molar-refractivity contribution in [1.82, 2.24) is 4.90 Å². The van der Waals surface area contributed by atoms with Crippen LogP contribution in [0, 0.1) is 5.92 Å². The number of rotatable bonds is 3. The van der Waals surface area contributed by atoms with Crippen LogP contribution in [0.25, 0.3) is 0 Å². The fraction of sp³-hybridized carbons (Fsp3) is 0.440. The van der Waals surface area contributed by atoms with Gasteiger partial charge in [0.2, 0.25) is 0 Å². The molecule has 10 nitrogen and oxygen atoms in total. The molecule has 1 saturated heterocycles. The zero-order valence-electron chi connectivity index (χ0n) is 20.0. The summed E-state index contributed by atoms with van der Waals surface area (Å²) < 4.78 is 17.5. The Morgan fingerprint density at radius 3 is 2.49 bits per heavy atom. The number of carbonyl (C=O) groups excluding carboxylic acids is 2. The van der Waals surface area contributed by atoms with Crippen LogP contribution in [0.1, 0.15) is 31.4 Å². The number of aliphatic carboxylic acids is 1. The lowest BCUT2D eigenvalue weighted by Gasteiger charge is -2.56. The highest BCUT2D eigenvalue weighted by atomic mass is 16.6. The van der Waals surface area contributed by atoms with E-state index in [1.165, 1.54) is 19.4 Å². The number of carboxylic acids is 1. The van der Waals surface area contributed by atoms with Crippen molar-refractivity contribution >= 4 is 24.6 Å². The number of benzene rings is 1. The van der Waals surface area contributed by atoms with Gasteiger partial charge < -0.3 is 29.4 Å². The van der Waals surface area contributed by atoms with Crippen molar-refractivity contribution in [2.24, 2.45) is 11.1 Å². The molecule has 10 heteroatoms. The number of carbonyl (C=O) groups is 3. The Labute approximate surface area is 203 Å². The summed E-state index contributed by atoms with van der Waals surface area (Å²) in [6, 6.07) is 4.28. The summed E-state index contributed by atoms with van der Waals surface area (Å²) in [6.07, 6.45) is 6.14. The van der Waals surface area contributed by atoms with Gasteiger partial charge >= 0.3 is 17.9 Å². The van der Waals surface area contributed by atoms with Gasteiger partial charge in [0.15, 0.2) is 17.6 Å². The average Bonchev–Trinajstić information content (AvgIpc) is 3.14. The summed E-state index contributed by atoms with van der Waals surface area (Å²) in [6.45, 7) is 9.40. The summed E-state index contributed by atoms with van der Waals surface area (Å²) >= 11 is 0. The molecule has 5 atom stereocenters. The minimum Gasteiger partial charge on any atom is -0.481 e. The topological polar surface area (TPSA) is 135 Å². The maximum absolute atomic E-state index is 11.7. The number of likely N-dealkylation sites (N-methyl/N-ethyl adjacent to an activating group) is 1. The summed E-state index contributed by atoms with van der Waals surface area (Å²) in [5.41, 5.74) is 2.15. The predicted octanol–water partition coefficient (Wildman–Crippen LogP) is 2.32. The van der Waals surface area contributed by atoms with Gasteiger partial charge in [-0.15, -0.1) is 5.16 Å².